The second-order valence-corrected chi connectivity index (χ2v) is 12.6. The monoisotopic (exact) mass is 637 g/mol. The van der Waals surface area contributed by atoms with Crippen molar-refractivity contribution in [3.8, 4) is 23.1 Å². The molecule has 45 heavy (non-hydrogen) atoms. The Morgan fingerprint density at radius 3 is 2.69 bits per heavy atom. The molecule has 7 rings (SSSR count). The van der Waals surface area contributed by atoms with Crippen LogP contribution in [0.25, 0.3) is 22.2 Å². The molecule has 3 aromatic rings. The molecule has 1 aromatic carbocycles. The third-order valence-corrected chi connectivity index (χ3v) is 9.75. The zero-order valence-electron chi connectivity index (χ0n) is 24.9. The van der Waals surface area contributed by atoms with E-state index in [2.05, 4.69) is 20.2 Å². The van der Waals surface area contributed by atoms with Crippen LogP contribution in [-0.2, 0) is 6.18 Å². The summed E-state index contributed by atoms with van der Waals surface area (Å²) in [5.41, 5.74) is 0.558. The van der Waals surface area contributed by atoms with Crippen LogP contribution >= 0.6 is 0 Å². The second kappa shape index (κ2) is 10.5. The molecule has 0 amide bonds. The SMILES string of the molecule is Cc1c(F)c(N)cc(-c2nc3c4c(nc(OCC56CCCN5C[C@H](F)C6)nc4c2F)N2CCN[C@H](C)[C@@H]2[C@H](C)O3)c1C(F)(F)F. The van der Waals surface area contributed by atoms with Gasteiger partial charge in [0.05, 0.1) is 22.8 Å². The van der Waals surface area contributed by atoms with Gasteiger partial charge in [0.25, 0.3) is 0 Å². The first kappa shape index (κ1) is 30.1. The van der Waals surface area contributed by atoms with E-state index < -0.39 is 63.7 Å². The predicted molar refractivity (Wildman–Crippen MR) is 154 cm³/mol. The molecule has 242 valence electrons. The van der Waals surface area contributed by atoms with Crippen molar-refractivity contribution in [2.75, 3.05) is 43.4 Å². The fraction of sp³-hybridized carbons (Fsp3) is 0.567. The number of anilines is 2. The van der Waals surface area contributed by atoms with Crippen LogP contribution in [0.15, 0.2) is 6.07 Å². The van der Waals surface area contributed by atoms with Crippen LogP contribution in [0, 0.1) is 18.6 Å². The van der Waals surface area contributed by atoms with Gasteiger partial charge in [0.2, 0.25) is 5.88 Å². The van der Waals surface area contributed by atoms with E-state index >= 15 is 4.39 Å². The number of pyridine rings is 1. The molecule has 2 aromatic heterocycles. The highest BCUT2D eigenvalue weighted by Gasteiger charge is 2.50. The van der Waals surface area contributed by atoms with Crippen molar-refractivity contribution in [3.63, 3.8) is 0 Å². The lowest BCUT2D eigenvalue weighted by Gasteiger charge is -2.42. The average molecular weight is 638 g/mol. The largest absolute Gasteiger partial charge is 0.472 e. The zero-order valence-corrected chi connectivity index (χ0v) is 24.9. The molecule has 4 aliphatic rings. The van der Waals surface area contributed by atoms with E-state index in [-0.39, 0.29) is 53.7 Å². The molecule has 1 unspecified atom stereocenters. The number of fused-ring (bicyclic) bond motifs is 3. The summed E-state index contributed by atoms with van der Waals surface area (Å²) < 4.78 is 101. The van der Waals surface area contributed by atoms with E-state index in [0.29, 0.717) is 26.1 Å². The quantitative estimate of drug-likeness (QED) is 0.309. The highest BCUT2D eigenvalue weighted by Crippen LogP contribution is 2.47. The number of nitrogen functional groups attached to an aromatic ring is 1. The number of nitrogens with one attached hydrogen (secondary N) is 1. The van der Waals surface area contributed by atoms with Gasteiger partial charge in [0.15, 0.2) is 5.82 Å². The average Bonchev–Trinajstić information content (AvgIpc) is 3.46. The number of benzene rings is 1. The van der Waals surface area contributed by atoms with E-state index in [1.54, 1.807) is 6.92 Å². The second-order valence-electron chi connectivity index (χ2n) is 12.6. The molecule has 0 aliphatic carbocycles. The summed E-state index contributed by atoms with van der Waals surface area (Å²) in [6.07, 6.45) is -4.74. The number of hydrogen-bond acceptors (Lipinski definition) is 9. The Morgan fingerprint density at radius 2 is 1.93 bits per heavy atom. The predicted octanol–water partition coefficient (Wildman–Crippen LogP) is 4.78. The van der Waals surface area contributed by atoms with Gasteiger partial charge in [-0.05, 0) is 51.8 Å². The Hall–Kier alpha value is -3.59. The van der Waals surface area contributed by atoms with E-state index in [0.717, 1.165) is 26.0 Å². The van der Waals surface area contributed by atoms with Crippen molar-refractivity contribution in [1.82, 2.24) is 25.2 Å². The normalized spacial score (nSPS) is 28.2. The molecule has 6 heterocycles. The van der Waals surface area contributed by atoms with Crippen molar-refractivity contribution in [3.05, 3.63) is 28.8 Å². The van der Waals surface area contributed by atoms with Crippen molar-refractivity contribution >= 4 is 22.4 Å². The lowest BCUT2D eigenvalue weighted by molar-refractivity contribution is -0.137. The Balaban J connectivity index is 1.44. The van der Waals surface area contributed by atoms with Gasteiger partial charge in [-0.1, -0.05) is 0 Å². The fourth-order valence-corrected chi connectivity index (χ4v) is 7.76. The van der Waals surface area contributed by atoms with Crippen LogP contribution in [0.5, 0.6) is 11.9 Å². The van der Waals surface area contributed by atoms with Crippen LogP contribution in [0.3, 0.4) is 0 Å². The molecule has 0 bridgehead atoms. The van der Waals surface area contributed by atoms with Crippen LogP contribution in [0.1, 0.15) is 44.2 Å². The molecular formula is C30H33F6N7O2. The Labute approximate surface area is 255 Å². The molecule has 3 saturated heterocycles. The number of piperazine rings is 1. The van der Waals surface area contributed by atoms with Crippen LogP contribution in [0.2, 0.25) is 0 Å². The molecule has 5 atom stereocenters. The first-order valence-corrected chi connectivity index (χ1v) is 15.0. The Morgan fingerprint density at radius 1 is 1.16 bits per heavy atom. The standard InChI is InChI=1S/C30H33F6N7O2/c1-13-20(30(34,35)36)17(9-18(37)21(13)32)23-22(33)24-19-26(43-8-6-38-14(2)25(43)15(3)45-27(19)39-23)41-28(40-24)44-12-29-5-4-7-42(29)11-16(31)10-29/h9,14-16,25,38H,4-8,10-12,37H2,1-3H3/t14-,15+,16-,25-,29?/m1/s1. The molecule has 9 nitrogen and oxygen atoms in total. The highest BCUT2D eigenvalue weighted by atomic mass is 19.4. The summed E-state index contributed by atoms with van der Waals surface area (Å²) in [4.78, 5) is 17.3. The number of hydrogen-bond donors (Lipinski definition) is 2. The molecule has 3 fully saturated rings. The van der Waals surface area contributed by atoms with Gasteiger partial charge in [0, 0.05) is 37.7 Å². The molecule has 3 N–H and O–H groups in total. The maximum absolute atomic E-state index is 16.7. The number of nitrogens with two attached hydrogens (primary N) is 1. The first-order chi connectivity index (χ1) is 21.3. The van der Waals surface area contributed by atoms with E-state index in [1.165, 1.54) is 0 Å². The van der Waals surface area contributed by atoms with Gasteiger partial charge in [-0.25, -0.2) is 18.2 Å². The molecule has 15 heteroatoms. The topological polar surface area (TPSA) is 102 Å². The molecule has 0 saturated carbocycles. The summed E-state index contributed by atoms with van der Waals surface area (Å²) in [5.74, 6) is -2.34. The van der Waals surface area contributed by atoms with Crippen molar-refractivity contribution in [1.29, 1.82) is 0 Å². The highest BCUT2D eigenvalue weighted by molar-refractivity contribution is 5.97. The number of nitrogens with zero attached hydrogens (tertiary/aromatic N) is 5. The minimum absolute atomic E-state index is 0.0605. The summed E-state index contributed by atoms with van der Waals surface area (Å²) in [7, 11) is 0. The lowest BCUT2D eigenvalue weighted by Crippen LogP contribution is -2.61. The van der Waals surface area contributed by atoms with Gasteiger partial charge in [0.1, 0.15) is 47.1 Å². The van der Waals surface area contributed by atoms with E-state index in [1.807, 2.05) is 11.8 Å². The van der Waals surface area contributed by atoms with Crippen molar-refractivity contribution in [2.24, 2.45) is 0 Å². The van der Waals surface area contributed by atoms with E-state index in [4.69, 9.17) is 20.2 Å². The smallest absolute Gasteiger partial charge is 0.417 e. The molecule has 4 aliphatic heterocycles. The fourth-order valence-electron chi connectivity index (χ4n) is 7.76. The number of halogens is 6. The molecular weight excluding hydrogens is 604 g/mol. The van der Waals surface area contributed by atoms with Gasteiger partial charge in [-0.3, -0.25) is 4.90 Å². The minimum Gasteiger partial charge on any atom is -0.472 e. The van der Waals surface area contributed by atoms with Crippen molar-refractivity contribution < 1.29 is 35.8 Å². The third-order valence-electron chi connectivity index (χ3n) is 9.75. The van der Waals surface area contributed by atoms with Crippen LogP contribution in [0.4, 0.5) is 37.8 Å². The zero-order chi connectivity index (χ0) is 32.0. The Bertz CT molecular complexity index is 1690. The summed E-state index contributed by atoms with van der Waals surface area (Å²) in [5, 5.41) is 3.47. The number of aromatic nitrogens is 3. The van der Waals surface area contributed by atoms with Crippen LogP contribution < -0.4 is 25.4 Å². The number of ether oxygens (including phenoxy) is 2. The van der Waals surface area contributed by atoms with Crippen LogP contribution in [-0.4, -0.2) is 82.5 Å². The summed E-state index contributed by atoms with van der Waals surface area (Å²) in [6.45, 7) is 6.82. The van der Waals surface area contributed by atoms with E-state index in [9.17, 15) is 22.0 Å². The number of rotatable bonds is 4. The minimum atomic E-state index is -5.06. The number of alkyl halides is 4. The van der Waals surface area contributed by atoms with Gasteiger partial charge in [-0.15, -0.1) is 0 Å². The molecule has 0 radical (unpaired) electrons. The first-order valence-electron chi connectivity index (χ1n) is 15.0. The van der Waals surface area contributed by atoms with Gasteiger partial charge >= 0.3 is 12.2 Å². The molecule has 0 spiro atoms. The third kappa shape index (κ3) is 4.72. The van der Waals surface area contributed by atoms with Gasteiger partial charge < -0.3 is 25.4 Å². The van der Waals surface area contributed by atoms with Gasteiger partial charge in [-0.2, -0.15) is 23.1 Å². The summed E-state index contributed by atoms with van der Waals surface area (Å²) >= 11 is 0. The maximum Gasteiger partial charge on any atom is 0.417 e. The van der Waals surface area contributed by atoms with Crippen molar-refractivity contribution in [2.45, 2.75) is 76.1 Å². The lowest BCUT2D eigenvalue weighted by atomic mass is 9.95. The summed E-state index contributed by atoms with van der Waals surface area (Å²) in [6, 6.07) is 0.106. The Kier molecular flexibility index (Phi) is 7.00. The maximum atomic E-state index is 16.7.